The van der Waals surface area contributed by atoms with E-state index in [0.717, 1.165) is 25.7 Å². The molecule has 0 unspecified atom stereocenters. The zero-order valence-corrected chi connectivity index (χ0v) is 11.2. The van der Waals surface area contributed by atoms with Gasteiger partial charge in [0.15, 0.2) is 0 Å². The molecule has 0 spiro atoms. The van der Waals surface area contributed by atoms with Gasteiger partial charge in [-0.15, -0.1) is 11.6 Å². The highest BCUT2D eigenvalue weighted by Crippen LogP contribution is 2.24. The number of rotatable bonds is 8. The third kappa shape index (κ3) is 5.48. The van der Waals surface area contributed by atoms with Gasteiger partial charge in [-0.1, -0.05) is 12.8 Å². The standard InChI is InChI=1S/C12H20ClF2NO2/c13-6-7-16(10-3-1-2-4-10)12(17)5-8-18-9-11(14)15/h10-11H,1-9H2. The molecule has 0 saturated heterocycles. The molecule has 0 heterocycles. The highest BCUT2D eigenvalue weighted by Gasteiger charge is 2.25. The Morgan fingerprint density at radius 2 is 2.06 bits per heavy atom. The SMILES string of the molecule is O=C(CCOCC(F)F)N(CCCl)C1CCCC1. The van der Waals surface area contributed by atoms with Gasteiger partial charge in [0.2, 0.25) is 5.91 Å². The Morgan fingerprint density at radius 1 is 1.39 bits per heavy atom. The van der Waals surface area contributed by atoms with E-state index in [1.165, 1.54) is 0 Å². The summed E-state index contributed by atoms with van der Waals surface area (Å²) < 4.78 is 28.4. The van der Waals surface area contributed by atoms with Crippen molar-refractivity contribution in [1.82, 2.24) is 4.90 Å². The number of amides is 1. The van der Waals surface area contributed by atoms with Gasteiger partial charge < -0.3 is 9.64 Å². The fraction of sp³-hybridized carbons (Fsp3) is 0.917. The molecule has 1 rings (SSSR count). The molecule has 0 aliphatic heterocycles. The molecule has 106 valence electrons. The van der Waals surface area contributed by atoms with E-state index in [0.29, 0.717) is 12.4 Å². The smallest absolute Gasteiger partial charge is 0.261 e. The van der Waals surface area contributed by atoms with E-state index < -0.39 is 13.0 Å². The molecule has 3 nitrogen and oxygen atoms in total. The van der Waals surface area contributed by atoms with Crippen molar-refractivity contribution in [3.8, 4) is 0 Å². The molecule has 0 bridgehead atoms. The Balaban J connectivity index is 2.30. The van der Waals surface area contributed by atoms with Crippen molar-refractivity contribution < 1.29 is 18.3 Å². The van der Waals surface area contributed by atoms with Crippen LogP contribution in [0.1, 0.15) is 32.1 Å². The summed E-state index contributed by atoms with van der Waals surface area (Å²) in [5.41, 5.74) is 0. The van der Waals surface area contributed by atoms with E-state index in [-0.39, 0.29) is 25.0 Å². The van der Waals surface area contributed by atoms with E-state index >= 15 is 0 Å². The first-order valence-corrected chi connectivity index (χ1v) is 6.90. The van der Waals surface area contributed by atoms with Crippen LogP contribution in [-0.2, 0) is 9.53 Å². The van der Waals surface area contributed by atoms with Crippen molar-refractivity contribution in [1.29, 1.82) is 0 Å². The summed E-state index contributed by atoms with van der Waals surface area (Å²) in [6.45, 7) is -0.0270. The van der Waals surface area contributed by atoms with Crippen molar-refractivity contribution in [2.75, 3.05) is 25.6 Å². The Kier molecular flexibility index (Phi) is 7.51. The predicted molar refractivity (Wildman–Crippen MR) is 66.1 cm³/mol. The first-order chi connectivity index (χ1) is 8.65. The van der Waals surface area contributed by atoms with Crippen LogP contribution in [0.5, 0.6) is 0 Å². The minimum absolute atomic E-state index is 0.0446. The van der Waals surface area contributed by atoms with Crippen LogP contribution in [0.25, 0.3) is 0 Å². The monoisotopic (exact) mass is 283 g/mol. The molecule has 1 aliphatic rings. The zero-order chi connectivity index (χ0) is 13.4. The van der Waals surface area contributed by atoms with Crippen LogP contribution in [0.4, 0.5) is 8.78 Å². The summed E-state index contributed by atoms with van der Waals surface area (Å²) in [7, 11) is 0. The van der Waals surface area contributed by atoms with E-state index in [1.54, 1.807) is 4.90 Å². The molecule has 1 amide bonds. The van der Waals surface area contributed by atoms with Gasteiger partial charge in [0.25, 0.3) is 6.43 Å². The second-order valence-corrected chi connectivity index (χ2v) is 4.81. The number of halogens is 3. The van der Waals surface area contributed by atoms with Gasteiger partial charge in [0, 0.05) is 18.5 Å². The summed E-state index contributed by atoms with van der Waals surface area (Å²) >= 11 is 5.70. The van der Waals surface area contributed by atoms with E-state index in [4.69, 9.17) is 16.3 Å². The van der Waals surface area contributed by atoms with Gasteiger partial charge in [0.05, 0.1) is 13.0 Å². The normalized spacial score (nSPS) is 16.4. The number of alkyl halides is 3. The number of ether oxygens (including phenoxy) is 1. The third-order valence-electron chi connectivity index (χ3n) is 3.12. The van der Waals surface area contributed by atoms with Crippen LogP contribution in [-0.4, -0.2) is 48.9 Å². The summed E-state index contributed by atoms with van der Waals surface area (Å²) in [6, 6.07) is 0.270. The number of hydrogen-bond donors (Lipinski definition) is 0. The molecule has 18 heavy (non-hydrogen) atoms. The van der Waals surface area contributed by atoms with Gasteiger partial charge in [-0.3, -0.25) is 4.79 Å². The molecular formula is C12H20ClF2NO2. The summed E-state index contributed by atoms with van der Waals surface area (Å²) in [6.07, 6.45) is 1.98. The molecule has 6 heteroatoms. The Bertz CT molecular complexity index is 248. The minimum Gasteiger partial charge on any atom is -0.375 e. The highest BCUT2D eigenvalue weighted by molar-refractivity contribution is 6.18. The Morgan fingerprint density at radius 3 is 2.61 bits per heavy atom. The third-order valence-corrected chi connectivity index (χ3v) is 3.28. The molecule has 1 aliphatic carbocycles. The highest BCUT2D eigenvalue weighted by atomic mass is 35.5. The first-order valence-electron chi connectivity index (χ1n) is 6.36. The number of hydrogen-bond acceptors (Lipinski definition) is 2. The topological polar surface area (TPSA) is 29.5 Å². The number of nitrogens with zero attached hydrogens (tertiary/aromatic N) is 1. The van der Waals surface area contributed by atoms with E-state index in [2.05, 4.69) is 0 Å². The maximum atomic E-state index is 12.0. The fourth-order valence-electron chi connectivity index (χ4n) is 2.29. The molecular weight excluding hydrogens is 264 g/mol. The van der Waals surface area contributed by atoms with E-state index in [1.807, 2.05) is 0 Å². The van der Waals surface area contributed by atoms with Crippen LogP contribution in [0.3, 0.4) is 0 Å². The number of carbonyl (C=O) groups excluding carboxylic acids is 1. The minimum atomic E-state index is -2.48. The summed E-state index contributed by atoms with van der Waals surface area (Å²) in [5.74, 6) is 0.358. The van der Waals surface area contributed by atoms with Crippen LogP contribution in [0.2, 0.25) is 0 Å². The lowest BCUT2D eigenvalue weighted by Crippen LogP contribution is -2.40. The molecule has 0 aromatic carbocycles. The maximum absolute atomic E-state index is 12.0. The molecule has 0 aromatic rings. The lowest BCUT2D eigenvalue weighted by molar-refractivity contribution is -0.134. The van der Waals surface area contributed by atoms with Gasteiger partial charge in [0.1, 0.15) is 6.61 Å². The summed E-state index contributed by atoms with van der Waals surface area (Å²) in [5, 5.41) is 0. The first kappa shape index (κ1) is 15.6. The second kappa shape index (κ2) is 8.64. The predicted octanol–water partition coefficient (Wildman–Crippen LogP) is 2.67. The Hall–Kier alpha value is -0.420. The van der Waals surface area contributed by atoms with Crippen LogP contribution < -0.4 is 0 Å². The average molecular weight is 284 g/mol. The van der Waals surface area contributed by atoms with Gasteiger partial charge in [-0.2, -0.15) is 0 Å². The number of carbonyl (C=O) groups is 1. The van der Waals surface area contributed by atoms with Gasteiger partial charge >= 0.3 is 0 Å². The van der Waals surface area contributed by atoms with Crippen LogP contribution in [0.15, 0.2) is 0 Å². The fourth-order valence-corrected chi connectivity index (χ4v) is 2.48. The molecule has 0 aromatic heterocycles. The Labute approximate surface area is 111 Å². The summed E-state index contributed by atoms with van der Waals surface area (Å²) in [4.78, 5) is 13.7. The maximum Gasteiger partial charge on any atom is 0.261 e. The molecule has 1 fully saturated rings. The van der Waals surface area contributed by atoms with Crippen LogP contribution >= 0.6 is 11.6 Å². The van der Waals surface area contributed by atoms with Crippen molar-refractivity contribution in [2.45, 2.75) is 44.6 Å². The molecule has 0 N–H and O–H groups in total. The second-order valence-electron chi connectivity index (χ2n) is 4.43. The molecule has 0 atom stereocenters. The van der Waals surface area contributed by atoms with Crippen molar-refractivity contribution in [3.63, 3.8) is 0 Å². The lowest BCUT2D eigenvalue weighted by atomic mass is 10.2. The quantitative estimate of drug-likeness (QED) is 0.506. The zero-order valence-electron chi connectivity index (χ0n) is 10.4. The molecule has 0 radical (unpaired) electrons. The molecule has 1 saturated carbocycles. The van der Waals surface area contributed by atoms with Crippen LogP contribution in [0, 0.1) is 0 Å². The largest absolute Gasteiger partial charge is 0.375 e. The average Bonchev–Trinajstić information content (AvgIpc) is 2.84. The lowest BCUT2D eigenvalue weighted by Gasteiger charge is -2.28. The van der Waals surface area contributed by atoms with Gasteiger partial charge in [-0.25, -0.2) is 8.78 Å². The van der Waals surface area contributed by atoms with Crippen molar-refractivity contribution in [3.05, 3.63) is 0 Å². The van der Waals surface area contributed by atoms with E-state index in [9.17, 15) is 13.6 Å². The van der Waals surface area contributed by atoms with Gasteiger partial charge in [-0.05, 0) is 12.8 Å². The van der Waals surface area contributed by atoms with Crippen molar-refractivity contribution >= 4 is 17.5 Å². The van der Waals surface area contributed by atoms with Crippen molar-refractivity contribution in [2.24, 2.45) is 0 Å².